The van der Waals surface area contributed by atoms with E-state index in [4.69, 9.17) is 11.6 Å². The number of amides is 2. The summed E-state index contributed by atoms with van der Waals surface area (Å²) in [5, 5.41) is 15.4. The van der Waals surface area contributed by atoms with Crippen LogP contribution in [0.2, 0.25) is 5.02 Å². The van der Waals surface area contributed by atoms with E-state index in [1.165, 1.54) is 22.5 Å². The Morgan fingerprint density at radius 1 is 1.12 bits per heavy atom. The van der Waals surface area contributed by atoms with Crippen molar-refractivity contribution in [3.63, 3.8) is 0 Å². The van der Waals surface area contributed by atoms with Crippen molar-refractivity contribution in [2.75, 3.05) is 10.6 Å². The molecule has 0 fully saturated rings. The Hall–Kier alpha value is -2.09. The Bertz CT molecular complexity index is 900. The number of anilines is 2. The van der Waals surface area contributed by atoms with E-state index >= 15 is 0 Å². The summed E-state index contributed by atoms with van der Waals surface area (Å²) in [6, 6.07) is 15.0. The summed E-state index contributed by atoms with van der Waals surface area (Å²) in [5.74, 6) is 1.67. The molecule has 0 bridgehead atoms. The molecule has 2 aromatic carbocycles. The van der Waals surface area contributed by atoms with Crippen LogP contribution < -0.4 is 10.6 Å². The number of carbonyl (C=O) groups excluding carboxylic acids is 1. The average molecular weight is 405 g/mol. The molecule has 0 unspecified atom stereocenters. The third-order valence-electron chi connectivity index (χ3n) is 3.35. The number of nitrogens with zero attached hydrogens (tertiary/aromatic N) is 2. The molecule has 3 aromatic rings. The van der Waals surface area contributed by atoms with Gasteiger partial charge in [-0.25, -0.2) is 4.79 Å². The van der Waals surface area contributed by atoms with Gasteiger partial charge in [-0.1, -0.05) is 58.8 Å². The summed E-state index contributed by atoms with van der Waals surface area (Å²) in [6.07, 6.45) is 0. The summed E-state index contributed by atoms with van der Waals surface area (Å²) >= 11 is 9.04. The quantitative estimate of drug-likeness (QED) is 0.563. The smallest absolute Gasteiger partial charge is 0.308 e. The van der Waals surface area contributed by atoms with E-state index in [9.17, 15) is 4.79 Å². The van der Waals surface area contributed by atoms with Gasteiger partial charge in [0.25, 0.3) is 0 Å². The van der Waals surface area contributed by atoms with Crippen molar-refractivity contribution in [2.45, 2.75) is 18.4 Å². The molecule has 8 heteroatoms. The second-order valence-electron chi connectivity index (χ2n) is 5.57. The molecule has 1 heterocycles. The average Bonchev–Trinajstić information content (AvgIpc) is 3.02. The lowest BCUT2D eigenvalue weighted by Crippen LogP contribution is -2.19. The van der Waals surface area contributed by atoms with Crippen molar-refractivity contribution in [3.05, 3.63) is 69.7 Å². The van der Waals surface area contributed by atoms with E-state index in [0.717, 1.165) is 16.5 Å². The highest BCUT2D eigenvalue weighted by Gasteiger charge is 2.09. The molecule has 0 radical (unpaired) electrons. The minimum Gasteiger partial charge on any atom is -0.308 e. The van der Waals surface area contributed by atoms with Gasteiger partial charge in [-0.3, -0.25) is 5.32 Å². The van der Waals surface area contributed by atoms with Crippen LogP contribution in [0.1, 0.15) is 16.1 Å². The maximum Gasteiger partial charge on any atom is 0.325 e. The largest absolute Gasteiger partial charge is 0.325 e. The number of urea groups is 1. The van der Waals surface area contributed by atoms with Gasteiger partial charge in [-0.15, -0.1) is 22.0 Å². The van der Waals surface area contributed by atoms with Crippen LogP contribution in [0.3, 0.4) is 0 Å². The monoisotopic (exact) mass is 404 g/mol. The Morgan fingerprint density at radius 2 is 1.96 bits per heavy atom. The SMILES string of the molecule is Cc1cccc(CSCc2nnc(NC(=O)Nc3cccc(Cl)c3)s2)c1. The number of thioether (sulfide) groups is 1. The molecule has 0 aliphatic carbocycles. The first-order valence-corrected chi connectivity index (χ1v) is 10.2. The van der Waals surface area contributed by atoms with Crippen molar-refractivity contribution in [2.24, 2.45) is 0 Å². The minimum absolute atomic E-state index is 0.373. The summed E-state index contributed by atoms with van der Waals surface area (Å²) in [7, 11) is 0. The number of hydrogen-bond acceptors (Lipinski definition) is 5. The first kappa shape index (κ1) is 18.7. The molecule has 26 heavy (non-hydrogen) atoms. The zero-order chi connectivity index (χ0) is 18.4. The van der Waals surface area contributed by atoms with Crippen LogP contribution in [0.15, 0.2) is 48.5 Å². The lowest BCUT2D eigenvalue weighted by molar-refractivity contribution is 0.262. The predicted octanol–water partition coefficient (Wildman–Crippen LogP) is 5.58. The van der Waals surface area contributed by atoms with Gasteiger partial charge in [-0.05, 0) is 30.7 Å². The Kier molecular flexibility index (Phi) is 6.49. The number of hydrogen-bond donors (Lipinski definition) is 2. The highest BCUT2D eigenvalue weighted by atomic mass is 35.5. The molecule has 2 amide bonds. The number of halogens is 1. The van der Waals surface area contributed by atoms with Crippen LogP contribution in [-0.4, -0.2) is 16.2 Å². The van der Waals surface area contributed by atoms with Crippen molar-refractivity contribution < 1.29 is 4.79 Å². The van der Waals surface area contributed by atoms with Crippen LogP contribution in [0.5, 0.6) is 0 Å². The van der Waals surface area contributed by atoms with E-state index in [2.05, 4.69) is 52.0 Å². The van der Waals surface area contributed by atoms with Crippen LogP contribution >= 0.6 is 34.7 Å². The van der Waals surface area contributed by atoms with Crippen molar-refractivity contribution >= 4 is 51.5 Å². The minimum atomic E-state index is -0.373. The lowest BCUT2D eigenvalue weighted by atomic mass is 10.2. The topological polar surface area (TPSA) is 66.9 Å². The van der Waals surface area contributed by atoms with Gasteiger partial charge in [0.05, 0.1) is 0 Å². The van der Waals surface area contributed by atoms with Crippen molar-refractivity contribution in [1.82, 2.24) is 10.2 Å². The van der Waals surface area contributed by atoms with E-state index in [-0.39, 0.29) is 6.03 Å². The van der Waals surface area contributed by atoms with Crippen LogP contribution in [0.4, 0.5) is 15.6 Å². The van der Waals surface area contributed by atoms with E-state index < -0.39 is 0 Å². The molecule has 1 aromatic heterocycles. The third kappa shape index (κ3) is 5.72. The molecule has 3 rings (SSSR count). The summed E-state index contributed by atoms with van der Waals surface area (Å²) in [4.78, 5) is 12.0. The first-order chi connectivity index (χ1) is 12.6. The van der Waals surface area contributed by atoms with Crippen LogP contribution in [-0.2, 0) is 11.5 Å². The zero-order valence-corrected chi connectivity index (χ0v) is 16.4. The Balaban J connectivity index is 1.47. The molecular formula is C18H17ClN4OS2. The molecule has 0 spiro atoms. The maximum absolute atomic E-state index is 12.0. The number of carbonyl (C=O) groups is 1. The van der Waals surface area contributed by atoms with Gasteiger partial charge in [0.2, 0.25) is 5.13 Å². The zero-order valence-electron chi connectivity index (χ0n) is 14.0. The van der Waals surface area contributed by atoms with Crippen LogP contribution in [0, 0.1) is 6.92 Å². The highest BCUT2D eigenvalue weighted by Crippen LogP contribution is 2.23. The summed E-state index contributed by atoms with van der Waals surface area (Å²) < 4.78 is 0. The number of nitrogens with one attached hydrogen (secondary N) is 2. The van der Waals surface area contributed by atoms with E-state index in [1.807, 2.05) is 0 Å². The van der Waals surface area contributed by atoms with E-state index in [1.54, 1.807) is 36.0 Å². The number of rotatable bonds is 6. The highest BCUT2D eigenvalue weighted by molar-refractivity contribution is 7.97. The van der Waals surface area contributed by atoms with Crippen molar-refractivity contribution in [3.8, 4) is 0 Å². The second kappa shape index (κ2) is 9.02. The van der Waals surface area contributed by atoms with Gasteiger partial charge >= 0.3 is 6.03 Å². The van der Waals surface area contributed by atoms with Crippen LogP contribution in [0.25, 0.3) is 0 Å². The molecule has 2 N–H and O–H groups in total. The fourth-order valence-corrected chi connectivity index (χ4v) is 4.20. The number of aromatic nitrogens is 2. The molecule has 5 nitrogen and oxygen atoms in total. The first-order valence-electron chi connectivity index (χ1n) is 7.88. The number of benzene rings is 2. The normalized spacial score (nSPS) is 10.5. The lowest BCUT2D eigenvalue weighted by Gasteiger charge is -2.04. The van der Waals surface area contributed by atoms with Gasteiger partial charge in [-0.2, -0.15) is 0 Å². The molecular weight excluding hydrogens is 388 g/mol. The Labute approximate surface area is 165 Å². The Morgan fingerprint density at radius 3 is 2.77 bits per heavy atom. The predicted molar refractivity (Wildman–Crippen MR) is 110 cm³/mol. The second-order valence-corrected chi connectivity index (χ2v) is 8.06. The van der Waals surface area contributed by atoms with E-state index in [0.29, 0.717) is 15.8 Å². The molecule has 0 saturated carbocycles. The summed E-state index contributed by atoms with van der Waals surface area (Å²) in [6.45, 7) is 2.09. The molecule has 0 aliphatic heterocycles. The van der Waals surface area contributed by atoms with Gasteiger partial charge in [0.1, 0.15) is 5.01 Å². The molecule has 0 atom stereocenters. The maximum atomic E-state index is 12.0. The number of aryl methyl sites for hydroxylation is 1. The third-order valence-corrected chi connectivity index (χ3v) is 5.62. The summed E-state index contributed by atoms with van der Waals surface area (Å²) in [5.41, 5.74) is 3.17. The fourth-order valence-electron chi connectivity index (χ4n) is 2.25. The van der Waals surface area contributed by atoms with Gasteiger partial charge in [0, 0.05) is 22.2 Å². The fraction of sp³-hybridized carbons (Fsp3) is 0.167. The molecule has 0 saturated heterocycles. The van der Waals surface area contributed by atoms with Gasteiger partial charge in [0.15, 0.2) is 0 Å². The van der Waals surface area contributed by atoms with Crippen molar-refractivity contribution in [1.29, 1.82) is 0 Å². The standard InChI is InChI=1S/C18H17ClN4OS2/c1-12-4-2-5-13(8-12)10-25-11-16-22-23-18(26-16)21-17(24)20-15-7-3-6-14(19)9-15/h2-9H,10-11H2,1H3,(H2,20,21,23,24). The molecule has 0 aliphatic rings. The van der Waals surface area contributed by atoms with Gasteiger partial charge < -0.3 is 5.32 Å². The molecule has 134 valence electrons.